The lowest BCUT2D eigenvalue weighted by Gasteiger charge is -2.24. The molecule has 1 aromatic rings. The summed E-state index contributed by atoms with van der Waals surface area (Å²) in [5, 5.41) is 0.820. The summed E-state index contributed by atoms with van der Waals surface area (Å²) in [6, 6.07) is 6.04. The minimum atomic E-state index is -0.0164. The van der Waals surface area contributed by atoms with Crippen LogP contribution in [0.15, 0.2) is 22.7 Å². The summed E-state index contributed by atoms with van der Waals surface area (Å²) in [6.45, 7) is 0. The highest BCUT2D eigenvalue weighted by Gasteiger charge is 2.29. The van der Waals surface area contributed by atoms with Gasteiger partial charge in [0.05, 0.1) is 0 Å². The van der Waals surface area contributed by atoms with Crippen molar-refractivity contribution >= 4 is 27.5 Å². The molecule has 3 heteroatoms. The average molecular weight is 289 g/mol. The molecule has 0 amide bonds. The van der Waals surface area contributed by atoms with Crippen molar-refractivity contribution < 1.29 is 0 Å². The lowest BCUT2D eigenvalue weighted by molar-refractivity contribution is 0.436. The van der Waals surface area contributed by atoms with Crippen LogP contribution in [0.5, 0.6) is 0 Å². The minimum absolute atomic E-state index is 0.0164. The smallest absolute Gasteiger partial charge is 0.0449 e. The van der Waals surface area contributed by atoms with Gasteiger partial charge in [-0.05, 0) is 37.0 Å². The molecule has 0 radical (unpaired) electrons. The second kappa shape index (κ2) is 4.44. The zero-order valence-corrected chi connectivity index (χ0v) is 10.9. The maximum atomic E-state index is 6.33. The highest BCUT2D eigenvalue weighted by Crippen LogP contribution is 2.33. The van der Waals surface area contributed by atoms with Crippen LogP contribution < -0.4 is 5.73 Å². The summed E-state index contributed by atoms with van der Waals surface area (Å²) in [7, 11) is 0. The van der Waals surface area contributed by atoms with Crippen molar-refractivity contribution in [1.29, 1.82) is 0 Å². The Labute approximate surface area is 104 Å². The Morgan fingerprint density at radius 2 is 2.00 bits per heavy atom. The quantitative estimate of drug-likeness (QED) is 0.877. The molecule has 1 fully saturated rings. The van der Waals surface area contributed by atoms with Crippen LogP contribution in [0, 0.1) is 0 Å². The third-order valence-corrected chi connectivity index (χ3v) is 4.00. The number of hydrogen-bond acceptors (Lipinski definition) is 1. The van der Waals surface area contributed by atoms with Crippen LogP contribution in [0.1, 0.15) is 31.2 Å². The highest BCUT2D eigenvalue weighted by atomic mass is 79.9. The number of rotatable bonds is 2. The number of hydrogen-bond donors (Lipinski definition) is 1. The molecule has 1 aromatic carbocycles. The monoisotopic (exact) mass is 287 g/mol. The van der Waals surface area contributed by atoms with Gasteiger partial charge in [-0.1, -0.05) is 46.4 Å². The number of benzene rings is 1. The van der Waals surface area contributed by atoms with Gasteiger partial charge >= 0.3 is 0 Å². The van der Waals surface area contributed by atoms with Gasteiger partial charge in [0.2, 0.25) is 0 Å². The van der Waals surface area contributed by atoms with Crippen molar-refractivity contribution in [3.05, 3.63) is 33.3 Å². The third-order valence-electron chi connectivity index (χ3n) is 3.16. The molecular weight excluding hydrogens is 273 g/mol. The van der Waals surface area contributed by atoms with Crippen LogP contribution in [0.2, 0.25) is 5.02 Å². The van der Waals surface area contributed by atoms with Crippen LogP contribution in [0.4, 0.5) is 0 Å². The fourth-order valence-corrected chi connectivity index (χ4v) is 3.04. The molecule has 1 aliphatic rings. The molecule has 0 heterocycles. The first kappa shape index (κ1) is 11.4. The maximum Gasteiger partial charge on any atom is 0.0449 e. The molecule has 0 aromatic heterocycles. The number of halogens is 2. The first-order valence-corrected chi connectivity index (χ1v) is 6.49. The molecule has 0 saturated heterocycles. The number of nitrogens with two attached hydrogens (primary N) is 1. The summed E-state index contributed by atoms with van der Waals surface area (Å²) in [4.78, 5) is 0. The molecule has 0 unspecified atom stereocenters. The van der Waals surface area contributed by atoms with Crippen LogP contribution in [0.3, 0.4) is 0 Å². The zero-order chi connectivity index (χ0) is 10.9. The first-order valence-electron chi connectivity index (χ1n) is 5.32. The van der Waals surface area contributed by atoms with Gasteiger partial charge in [-0.15, -0.1) is 0 Å². The average Bonchev–Trinajstić information content (AvgIpc) is 2.58. The third kappa shape index (κ3) is 2.74. The SMILES string of the molecule is NC1(Cc2ccc(Br)cc2Cl)CCCC1. The standard InChI is InChI=1S/C12H15BrClN/c13-10-4-3-9(11(14)7-10)8-12(15)5-1-2-6-12/h3-4,7H,1-2,5-6,8,15H2. The van der Waals surface area contributed by atoms with Crippen LogP contribution in [-0.2, 0) is 6.42 Å². The van der Waals surface area contributed by atoms with Gasteiger partial charge in [0.25, 0.3) is 0 Å². The molecule has 2 N–H and O–H groups in total. The Balaban J connectivity index is 2.16. The van der Waals surface area contributed by atoms with Gasteiger partial charge in [0.15, 0.2) is 0 Å². The van der Waals surface area contributed by atoms with E-state index >= 15 is 0 Å². The summed E-state index contributed by atoms with van der Waals surface area (Å²) in [6.07, 6.45) is 5.66. The van der Waals surface area contributed by atoms with E-state index in [1.165, 1.54) is 18.4 Å². The largest absolute Gasteiger partial charge is 0.325 e. The van der Waals surface area contributed by atoms with Crippen molar-refractivity contribution in [3.63, 3.8) is 0 Å². The lowest BCUT2D eigenvalue weighted by Crippen LogP contribution is -2.38. The Morgan fingerprint density at radius 3 is 2.60 bits per heavy atom. The summed E-state index contributed by atoms with van der Waals surface area (Å²) in [5.41, 5.74) is 7.48. The van der Waals surface area contributed by atoms with E-state index in [2.05, 4.69) is 22.0 Å². The van der Waals surface area contributed by atoms with Crippen LogP contribution in [0.25, 0.3) is 0 Å². The molecule has 1 saturated carbocycles. The maximum absolute atomic E-state index is 6.33. The molecule has 0 spiro atoms. The fraction of sp³-hybridized carbons (Fsp3) is 0.500. The van der Waals surface area contributed by atoms with Crippen molar-refractivity contribution in [1.82, 2.24) is 0 Å². The molecule has 0 aliphatic heterocycles. The molecule has 15 heavy (non-hydrogen) atoms. The van der Waals surface area contributed by atoms with Crippen molar-refractivity contribution in [3.8, 4) is 0 Å². The highest BCUT2D eigenvalue weighted by molar-refractivity contribution is 9.10. The van der Waals surface area contributed by atoms with E-state index < -0.39 is 0 Å². The normalized spacial score (nSPS) is 19.4. The second-order valence-corrected chi connectivity index (χ2v) is 5.80. The Kier molecular flexibility index (Phi) is 3.39. The van der Waals surface area contributed by atoms with E-state index in [1.54, 1.807) is 0 Å². The van der Waals surface area contributed by atoms with Gasteiger partial charge in [-0.3, -0.25) is 0 Å². The Morgan fingerprint density at radius 1 is 1.33 bits per heavy atom. The van der Waals surface area contributed by atoms with Gasteiger partial charge in [0.1, 0.15) is 0 Å². The summed E-state index contributed by atoms with van der Waals surface area (Å²) < 4.78 is 1.02. The minimum Gasteiger partial charge on any atom is -0.325 e. The van der Waals surface area contributed by atoms with E-state index in [0.717, 1.165) is 28.8 Å². The van der Waals surface area contributed by atoms with E-state index in [1.807, 2.05) is 12.1 Å². The van der Waals surface area contributed by atoms with E-state index in [9.17, 15) is 0 Å². The molecule has 82 valence electrons. The predicted molar refractivity (Wildman–Crippen MR) is 68.2 cm³/mol. The molecule has 0 atom stereocenters. The van der Waals surface area contributed by atoms with E-state index in [4.69, 9.17) is 17.3 Å². The Hall–Kier alpha value is -0.0500. The molecule has 0 bridgehead atoms. The predicted octanol–water partition coefficient (Wildman–Crippen LogP) is 3.92. The van der Waals surface area contributed by atoms with Crippen molar-refractivity contribution in [2.24, 2.45) is 5.73 Å². The van der Waals surface area contributed by atoms with Crippen molar-refractivity contribution in [2.75, 3.05) is 0 Å². The van der Waals surface area contributed by atoms with Crippen LogP contribution in [-0.4, -0.2) is 5.54 Å². The fourth-order valence-electron chi connectivity index (χ4n) is 2.30. The molecular formula is C12H15BrClN. The summed E-state index contributed by atoms with van der Waals surface area (Å²) >= 11 is 9.59. The zero-order valence-electron chi connectivity index (χ0n) is 8.60. The second-order valence-electron chi connectivity index (χ2n) is 4.48. The summed E-state index contributed by atoms with van der Waals surface area (Å²) in [5.74, 6) is 0. The van der Waals surface area contributed by atoms with Gasteiger partial charge < -0.3 is 5.73 Å². The van der Waals surface area contributed by atoms with Gasteiger partial charge in [-0.25, -0.2) is 0 Å². The van der Waals surface area contributed by atoms with Gasteiger partial charge in [-0.2, -0.15) is 0 Å². The molecule has 1 nitrogen and oxygen atoms in total. The topological polar surface area (TPSA) is 26.0 Å². The van der Waals surface area contributed by atoms with Gasteiger partial charge in [0, 0.05) is 15.0 Å². The van der Waals surface area contributed by atoms with E-state index in [-0.39, 0.29) is 5.54 Å². The molecule has 1 aliphatic carbocycles. The lowest BCUT2D eigenvalue weighted by atomic mass is 9.90. The molecule has 2 rings (SSSR count). The van der Waals surface area contributed by atoms with Crippen molar-refractivity contribution in [2.45, 2.75) is 37.6 Å². The van der Waals surface area contributed by atoms with Crippen LogP contribution >= 0.6 is 27.5 Å². The first-order chi connectivity index (χ1) is 7.09. The van der Waals surface area contributed by atoms with E-state index in [0.29, 0.717) is 0 Å². The Bertz CT molecular complexity index is 359.